The first kappa shape index (κ1) is 30.9. The summed E-state index contributed by atoms with van der Waals surface area (Å²) in [4.78, 5) is 10.3. The summed E-state index contributed by atoms with van der Waals surface area (Å²) >= 11 is 0. The van der Waals surface area contributed by atoms with Crippen LogP contribution < -0.4 is 0 Å². The van der Waals surface area contributed by atoms with E-state index in [9.17, 15) is 5.11 Å². The second kappa shape index (κ2) is 16.6. The molecule has 0 radical (unpaired) electrons. The first-order chi connectivity index (χ1) is 37.0. The van der Waals surface area contributed by atoms with E-state index in [1.807, 2.05) is 98.1 Å². The van der Waals surface area contributed by atoms with Crippen molar-refractivity contribution in [1.29, 1.82) is 0 Å². The highest BCUT2D eigenvalue weighted by atomic mass is 16.3. The molecule has 0 aliphatic carbocycles. The molecule has 0 unspecified atom stereocenters. The quantitative estimate of drug-likeness (QED) is 0.181. The van der Waals surface area contributed by atoms with Gasteiger partial charge in [-0.05, 0) is 120 Å². The van der Waals surface area contributed by atoms with Crippen LogP contribution in [0.3, 0.4) is 0 Å². The number of aromatic nitrogens is 3. The topological polar surface area (TPSA) is 50.9 Å². The Balaban J connectivity index is 1.42. The van der Waals surface area contributed by atoms with Gasteiger partial charge in [-0.2, -0.15) is 0 Å². The highest BCUT2D eigenvalue weighted by molar-refractivity contribution is 5.98. The first-order valence-electron chi connectivity index (χ1n) is 29.9. The van der Waals surface area contributed by atoms with Crippen molar-refractivity contribution in [3.05, 3.63) is 167 Å². The summed E-state index contributed by atoms with van der Waals surface area (Å²) in [6, 6.07) is 40.5. The number of fused-ring (bicyclic) bond motifs is 1. The third-order valence-electron chi connectivity index (χ3n) is 12.4. The van der Waals surface area contributed by atoms with Crippen molar-refractivity contribution in [1.82, 2.24) is 14.5 Å². The van der Waals surface area contributed by atoms with Crippen molar-refractivity contribution in [3.63, 3.8) is 0 Å². The van der Waals surface area contributed by atoms with Gasteiger partial charge in [0.05, 0.1) is 28.0 Å². The van der Waals surface area contributed by atoms with E-state index >= 15 is 0 Å². The highest BCUT2D eigenvalue weighted by Gasteiger charge is 2.30. The summed E-state index contributed by atoms with van der Waals surface area (Å²) in [5.41, 5.74) is 2.59. The third kappa shape index (κ3) is 9.12. The van der Waals surface area contributed by atoms with Crippen molar-refractivity contribution in [3.8, 4) is 67.5 Å². The Morgan fingerprint density at radius 1 is 0.455 bits per heavy atom. The Hall–Kier alpha value is -6.26. The Morgan fingerprint density at radius 3 is 1.73 bits per heavy atom. The fourth-order valence-corrected chi connectivity index (χ4v) is 8.47. The minimum absolute atomic E-state index is 0.136. The van der Waals surface area contributed by atoms with Crippen LogP contribution in [0.1, 0.15) is 152 Å². The van der Waals surface area contributed by atoms with Gasteiger partial charge in [-0.3, -0.25) is 9.55 Å². The molecule has 1 N–H and O–H groups in total. The molecular formula is C62H69N3O. The van der Waals surface area contributed by atoms with Crippen molar-refractivity contribution in [2.45, 2.75) is 131 Å². The number of aromatic hydroxyl groups is 1. The molecule has 8 aromatic rings. The molecule has 6 aromatic carbocycles. The summed E-state index contributed by atoms with van der Waals surface area (Å²) in [5, 5.41) is 12.8. The maximum Gasteiger partial charge on any atom is 0.149 e. The average Bonchev–Trinajstić information content (AvgIpc) is 3.99. The van der Waals surface area contributed by atoms with Gasteiger partial charge in [-0.25, -0.2) is 4.98 Å². The third-order valence-corrected chi connectivity index (χ3v) is 12.4. The maximum absolute atomic E-state index is 12.8. The summed E-state index contributed by atoms with van der Waals surface area (Å²) in [5.74, 6) is -0.282. The molecule has 0 saturated carbocycles. The van der Waals surface area contributed by atoms with E-state index in [-0.39, 0.29) is 27.9 Å². The van der Waals surface area contributed by atoms with Crippen LogP contribution in [0, 0.1) is 0 Å². The fourth-order valence-electron chi connectivity index (χ4n) is 8.47. The SMILES string of the molecule is [2H]C([2H])([2H])C(C)(c1cc(C(C)(C)C)cc(-c2nc3c(-c4cc(-c5cc(-c6ccc(C(C([2H])([2H])[2H])(C([2H])([2H])[2H])C([2H])([2H])[2H])cc6)ccn5)cc(C(C)(C)C)c4)cccc3n2-c2ccc(C(C)(C)C)cc2-c2ccccc2)c1O)C([2H])([2H])[2H]. The van der Waals surface area contributed by atoms with Gasteiger partial charge in [0.15, 0.2) is 0 Å². The van der Waals surface area contributed by atoms with Crippen LogP contribution in [0.4, 0.5) is 0 Å². The lowest BCUT2D eigenvalue weighted by Crippen LogP contribution is -2.17. The van der Waals surface area contributed by atoms with E-state index in [1.54, 1.807) is 18.3 Å². The van der Waals surface area contributed by atoms with Crippen LogP contribution in [0.2, 0.25) is 0 Å². The Kier molecular flexibility index (Phi) is 7.74. The van der Waals surface area contributed by atoms with Gasteiger partial charge < -0.3 is 5.11 Å². The molecule has 0 aliphatic heterocycles. The summed E-state index contributed by atoms with van der Waals surface area (Å²) < 4.78 is 128. The number of benzene rings is 6. The van der Waals surface area contributed by atoms with Crippen LogP contribution in [0.25, 0.3) is 72.7 Å². The second-order valence-electron chi connectivity index (χ2n) is 20.9. The van der Waals surface area contributed by atoms with E-state index in [2.05, 4.69) is 59.7 Å². The van der Waals surface area contributed by atoms with E-state index in [0.717, 1.165) is 40.3 Å². The Labute approximate surface area is 415 Å². The van der Waals surface area contributed by atoms with E-state index in [0.29, 0.717) is 44.7 Å². The number of imidazole rings is 1. The van der Waals surface area contributed by atoms with Crippen LogP contribution in [-0.2, 0) is 27.1 Å². The molecule has 8 rings (SSSR count). The van der Waals surface area contributed by atoms with E-state index in [4.69, 9.17) is 30.5 Å². The molecule has 4 nitrogen and oxygen atoms in total. The lowest BCUT2D eigenvalue weighted by molar-refractivity contribution is 0.446. The van der Waals surface area contributed by atoms with Gasteiger partial charge in [0.2, 0.25) is 0 Å². The number of phenols is 1. The van der Waals surface area contributed by atoms with Gasteiger partial charge in [0, 0.05) is 49.0 Å². The Bertz CT molecular complexity index is 3610. The fraction of sp³-hybridized carbons (Fsp3) is 0.323. The van der Waals surface area contributed by atoms with Crippen molar-refractivity contribution in [2.24, 2.45) is 0 Å². The van der Waals surface area contributed by atoms with Crippen LogP contribution in [-0.4, -0.2) is 19.6 Å². The molecule has 0 amide bonds. The molecular weight excluding hydrogens is 803 g/mol. The predicted molar refractivity (Wildman–Crippen MR) is 281 cm³/mol. The van der Waals surface area contributed by atoms with Crippen LogP contribution >= 0.6 is 0 Å². The number of hydrogen-bond donors (Lipinski definition) is 1. The number of pyridine rings is 1. The highest BCUT2D eigenvalue weighted by Crippen LogP contribution is 2.46. The van der Waals surface area contributed by atoms with Crippen molar-refractivity contribution >= 4 is 11.0 Å². The lowest BCUT2D eigenvalue weighted by Gasteiger charge is -2.28. The molecule has 0 fully saturated rings. The minimum atomic E-state index is -3.41. The van der Waals surface area contributed by atoms with Crippen LogP contribution in [0.5, 0.6) is 5.75 Å². The van der Waals surface area contributed by atoms with Crippen LogP contribution in [0.15, 0.2) is 140 Å². The standard InChI is InChI=1S/C62H69N3O/c1-58(2,3)44-26-24-39(25-27-44)41-30-31-63-52(35-41)43-32-42(33-46(34-43)60(7,8)9)48-22-19-23-54-55(48)64-57(50-37-47(61(10,11)12)38-51(56(50)66)62(13,14)15)65(54)53-29-28-45(59(4,5)6)36-49(53)40-20-17-16-18-21-40/h16-38,66H,1-15H3/i1D3,2D3,3D3,13D3,14D3. The molecule has 0 bridgehead atoms. The molecule has 4 heteroatoms. The molecule has 2 aromatic heterocycles. The zero-order valence-electron chi connectivity index (χ0n) is 54.6. The summed E-state index contributed by atoms with van der Waals surface area (Å²) in [6.07, 6.45) is 1.62. The second-order valence-corrected chi connectivity index (χ2v) is 20.9. The van der Waals surface area contributed by atoms with Gasteiger partial charge in [-0.1, -0.05) is 188 Å². The normalized spacial score (nSPS) is 17.2. The monoisotopic (exact) mass is 887 g/mol. The number of hydrogen-bond acceptors (Lipinski definition) is 3. The summed E-state index contributed by atoms with van der Waals surface area (Å²) in [7, 11) is 0. The number of rotatable bonds is 6. The zero-order chi connectivity index (χ0) is 60.2. The number of phenolic OH excluding ortho intramolecular Hbond substituents is 1. The zero-order valence-corrected chi connectivity index (χ0v) is 39.6. The first-order valence-corrected chi connectivity index (χ1v) is 22.4. The van der Waals surface area contributed by atoms with E-state index < -0.39 is 61.7 Å². The summed E-state index contributed by atoms with van der Waals surface area (Å²) in [6.45, 7) is 3.24. The molecule has 0 aliphatic rings. The maximum atomic E-state index is 12.8. The van der Waals surface area contributed by atoms with E-state index in [1.165, 1.54) is 30.3 Å². The number of para-hydroxylation sites is 1. The number of nitrogens with zero attached hydrogens (tertiary/aromatic N) is 3. The Morgan fingerprint density at radius 2 is 1.08 bits per heavy atom. The smallest absolute Gasteiger partial charge is 0.149 e. The molecule has 0 atom stereocenters. The molecule has 338 valence electrons. The predicted octanol–water partition coefficient (Wildman–Crippen LogP) is 16.9. The average molecular weight is 887 g/mol. The minimum Gasteiger partial charge on any atom is -0.507 e. The van der Waals surface area contributed by atoms with Gasteiger partial charge in [-0.15, -0.1) is 0 Å². The van der Waals surface area contributed by atoms with Gasteiger partial charge in [0.25, 0.3) is 0 Å². The molecule has 66 heavy (non-hydrogen) atoms. The van der Waals surface area contributed by atoms with Gasteiger partial charge >= 0.3 is 0 Å². The lowest BCUT2D eigenvalue weighted by atomic mass is 9.79. The molecule has 0 spiro atoms. The molecule has 0 saturated heterocycles. The van der Waals surface area contributed by atoms with Crippen molar-refractivity contribution < 1.29 is 25.7 Å². The largest absolute Gasteiger partial charge is 0.507 e. The van der Waals surface area contributed by atoms with Gasteiger partial charge in [0.1, 0.15) is 11.6 Å². The van der Waals surface area contributed by atoms with Crippen molar-refractivity contribution in [2.75, 3.05) is 0 Å². The molecule has 2 heterocycles.